The van der Waals surface area contributed by atoms with Crippen molar-refractivity contribution in [2.24, 2.45) is 0 Å². The fourth-order valence-corrected chi connectivity index (χ4v) is 1.84. The number of hydrogen-bond donors (Lipinski definition) is 0. The van der Waals surface area contributed by atoms with Crippen LogP contribution in [0.5, 0.6) is 11.5 Å². The Morgan fingerprint density at radius 2 is 1.79 bits per heavy atom. The van der Waals surface area contributed by atoms with Crippen molar-refractivity contribution in [2.45, 2.75) is 6.18 Å². The molecule has 124 valence electrons. The molecular weight excluding hydrogens is 335 g/mol. The van der Waals surface area contributed by atoms with Gasteiger partial charge in [0.25, 0.3) is 0 Å². The van der Waals surface area contributed by atoms with E-state index in [-0.39, 0.29) is 22.9 Å². The van der Waals surface area contributed by atoms with E-state index in [1.54, 1.807) is 0 Å². The molecule has 3 rings (SSSR count). The molecule has 0 saturated heterocycles. The third-order valence-electron chi connectivity index (χ3n) is 2.88. The highest BCUT2D eigenvalue weighted by Crippen LogP contribution is 2.31. The second-order valence-electron chi connectivity index (χ2n) is 4.63. The molecule has 0 saturated carbocycles. The molecule has 1 heterocycles. The molecule has 24 heavy (non-hydrogen) atoms. The van der Waals surface area contributed by atoms with Crippen molar-refractivity contribution in [2.75, 3.05) is 0 Å². The van der Waals surface area contributed by atoms with Crippen LogP contribution in [0.3, 0.4) is 0 Å². The number of rotatable bonds is 3. The minimum atomic E-state index is -4.75. The van der Waals surface area contributed by atoms with Crippen LogP contribution in [0.25, 0.3) is 11.4 Å². The van der Waals surface area contributed by atoms with Crippen molar-refractivity contribution in [1.29, 1.82) is 0 Å². The van der Waals surface area contributed by atoms with Gasteiger partial charge >= 0.3 is 12.1 Å². The first-order chi connectivity index (χ1) is 11.3. The zero-order valence-corrected chi connectivity index (χ0v) is 11.6. The summed E-state index contributed by atoms with van der Waals surface area (Å²) >= 11 is 0. The van der Waals surface area contributed by atoms with Gasteiger partial charge in [-0.15, -0.1) is 0 Å². The van der Waals surface area contributed by atoms with Gasteiger partial charge in [-0.1, -0.05) is 17.3 Å². The van der Waals surface area contributed by atoms with Crippen LogP contribution in [-0.4, -0.2) is 10.1 Å². The fourth-order valence-electron chi connectivity index (χ4n) is 1.84. The van der Waals surface area contributed by atoms with E-state index in [2.05, 4.69) is 14.7 Å². The number of benzene rings is 2. The van der Waals surface area contributed by atoms with Crippen LogP contribution in [-0.2, 0) is 6.18 Å². The van der Waals surface area contributed by atoms with Gasteiger partial charge in [-0.05, 0) is 24.3 Å². The highest BCUT2D eigenvalue weighted by Gasteiger charge is 2.38. The summed E-state index contributed by atoms with van der Waals surface area (Å²) in [6.45, 7) is 0. The van der Waals surface area contributed by atoms with E-state index < -0.39 is 23.7 Å². The van der Waals surface area contributed by atoms with Crippen LogP contribution >= 0.6 is 0 Å². The van der Waals surface area contributed by atoms with Gasteiger partial charge in [-0.2, -0.15) is 18.2 Å². The van der Waals surface area contributed by atoms with Crippen molar-refractivity contribution >= 4 is 0 Å². The van der Waals surface area contributed by atoms with Crippen LogP contribution in [0.1, 0.15) is 5.89 Å². The van der Waals surface area contributed by atoms with E-state index >= 15 is 0 Å². The molecule has 1 aromatic heterocycles. The molecule has 9 heteroatoms. The van der Waals surface area contributed by atoms with Crippen molar-refractivity contribution in [3.05, 3.63) is 60.0 Å². The first-order valence-electron chi connectivity index (χ1n) is 6.47. The van der Waals surface area contributed by atoms with E-state index in [0.29, 0.717) is 6.07 Å². The number of aromatic nitrogens is 2. The lowest BCUT2D eigenvalue weighted by Gasteiger charge is -2.07. The quantitative estimate of drug-likeness (QED) is 0.640. The number of hydrogen-bond acceptors (Lipinski definition) is 4. The van der Waals surface area contributed by atoms with E-state index in [0.717, 1.165) is 12.1 Å². The van der Waals surface area contributed by atoms with Crippen LogP contribution < -0.4 is 4.74 Å². The molecule has 0 aliphatic heterocycles. The average Bonchev–Trinajstić information content (AvgIpc) is 3.01. The second kappa shape index (κ2) is 5.91. The van der Waals surface area contributed by atoms with Crippen molar-refractivity contribution in [3.8, 4) is 22.9 Å². The first-order valence-corrected chi connectivity index (χ1v) is 6.47. The Kier molecular flexibility index (Phi) is 3.92. The smallest absolute Gasteiger partial charge is 0.454 e. The van der Waals surface area contributed by atoms with Gasteiger partial charge in [0.15, 0.2) is 11.6 Å². The predicted octanol–water partition coefficient (Wildman–Crippen LogP) is 4.83. The van der Waals surface area contributed by atoms with E-state index in [9.17, 15) is 22.0 Å². The van der Waals surface area contributed by atoms with E-state index in [4.69, 9.17) is 4.74 Å². The summed E-state index contributed by atoms with van der Waals surface area (Å²) in [5.41, 5.74) is 0.175. The molecule has 0 fully saturated rings. The van der Waals surface area contributed by atoms with Gasteiger partial charge in [0.1, 0.15) is 11.6 Å². The third-order valence-corrected chi connectivity index (χ3v) is 2.88. The topological polar surface area (TPSA) is 48.2 Å². The monoisotopic (exact) mass is 342 g/mol. The van der Waals surface area contributed by atoms with Crippen molar-refractivity contribution in [3.63, 3.8) is 0 Å². The molecule has 0 spiro atoms. The van der Waals surface area contributed by atoms with Crippen LogP contribution in [0, 0.1) is 11.6 Å². The minimum Gasteiger partial charge on any atom is -0.454 e. The lowest BCUT2D eigenvalue weighted by molar-refractivity contribution is -0.159. The van der Waals surface area contributed by atoms with E-state index in [1.165, 1.54) is 24.3 Å². The number of ether oxygens (including phenoxy) is 1. The van der Waals surface area contributed by atoms with Gasteiger partial charge < -0.3 is 9.26 Å². The summed E-state index contributed by atoms with van der Waals surface area (Å²) < 4.78 is 73.2. The average molecular weight is 342 g/mol. The molecule has 0 aliphatic rings. The Labute approximate surface area is 131 Å². The summed E-state index contributed by atoms with van der Waals surface area (Å²) in [5, 5.41) is 3.24. The van der Waals surface area contributed by atoms with Crippen LogP contribution in [0.2, 0.25) is 0 Å². The normalized spacial score (nSPS) is 11.5. The first kappa shape index (κ1) is 15.9. The standard InChI is InChI=1S/C15H7F5N2O2/c16-9-4-5-12(11(17)7-9)23-10-3-1-2-8(6-10)13-21-14(24-22-13)15(18,19)20/h1-7H. The largest absolute Gasteiger partial charge is 0.471 e. The molecular formula is C15H7F5N2O2. The molecule has 4 nitrogen and oxygen atoms in total. The third kappa shape index (κ3) is 3.34. The highest BCUT2D eigenvalue weighted by atomic mass is 19.4. The number of alkyl halides is 3. The minimum absolute atomic E-state index is 0.108. The summed E-state index contributed by atoms with van der Waals surface area (Å²) in [6.07, 6.45) is -4.75. The Balaban J connectivity index is 1.88. The van der Waals surface area contributed by atoms with Gasteiger partial charge in [0, 0.05) is 11.6 Å². The molecule has 2 aromatic carbocycles. The number of halogens is 5. The molecule has 0 N–H and O–H groups in total. The van der Waals surface area contributed by atoms with Gasteiger partial charge in [-0.3, -0.25) is 0 Å². The highest BCUT2D eigenvalue weighted by molar-refractivity contribution is 5.57. The maximum absolute atomic E-state index is 13.6. The molecule has 0 amide bonds. The summed E-state index contributed by atoms with van der Waals surface area (Å²) in [6, 6.07) is 8.37. The Morgan fingerprint density at radius 3 is 2.46 bits per heavy atom. The van der Waals surface area contributed by atoms with Gasteiger partial charge in [0.05, 0.1) is 0 Å². The molecule has 0 bridgehead atoms. The SMILES string of the molecule is Fc1ccc(Oc2cccc(-c3noc(C(F)(F)F)n3)c2)c(F)c1. The molecule has 0 unspecified atom stereocenters. The van der Waals surface area contributed by atoms with Crippen molar-refractivity contribution < 1.29 is 31.2 Å². The molecule has 0 radical (unpaired) electrons. The maximum atomic E-state index is 13.6. The lowest BCUT2D eigenvalue weighted by Crippen LogP contribution is -2.04. The zero-order valence-electron chi connectivity index (χ0n) is 11.6. The Hall–Kier alpha value is -2.97. The fraction of sp³-hybridized carbons (Fsp3) is 0.0667. The Bertz CT molecular complexity index is 876. The van der Waals surface area contributed by atoms with Crippen molar-refractivity contribution in [1.82, 2.24) is 10.1 Å². The summed E-state index contributed by atoms with van der Waals surface area (Å²) in [5.74, 6) is -3.59. The Morgan fingerprint density at radius 1 is 1.00 bits per heavy atom. The zero-order chi connectivity index (χ0) is 17.3. The number of nitrogens with zero attached hydrogens (tertiary/aromatic N) is 2. The van der Waals surface area contributed by atoms with Crippen LogP contribution in [0.4, 0.5) is 22.0 Å². The van der Waals surface area contributed by atoms with Crippen LogP contribution in [0.15, 0.2) is 47.0 Å². The summed E-state index contributed by atoms with van der Waals surface area (Å²) in [4.78, 5) is 3.25. The molecule has 0 atom stereocenters. The molecule has 3 aromatic rings. The summed E-state index contributed by atoms with van der Waals surface area (Å²) in [7, 11) is 0. The maximum Gasteiger partial charge on any atom is 0.471 e. The van der Waals surface area contributed by atoms with Gasteiger partial charge in [0.2, 0.25) is 5.82 Å². The molecule has 0 aliphatic carbocycles. The predicted molar refractivity (Wildman–Crippen MR) is 71.2 cm³/mol. The van der Waals surface area contributed by atoms with E-state index in [1.807, 2.05) is 0 Å². The van der Waals surface area contributed by atoms with Gasteiger partial charge in [-0.25, -0.2) is 8.78 Å². The second-order valence-corrected chi connectivity index (χ2v) is 4.63. The lowest BCUT2D eigenvalue weighted by atomic mass is 10.2.